The number of benzene rings is 1. The van der Waals surface area contributed by atoms with Gasteiger partial charge in [0.2, 0.25) is 8.32 Å². The van der Waals surface area contributed by atoms with Gasteiger partial charge in [-0.3, -0.25) is 0 Å². The summed E-state index contributed by atoms with van der Waals surface area (Å²) < 4.78 is 6.25. The van der Waals surface area contributed by atoms with Gasteiger partial charge in [0.1, 0.15) is 5.75 Å². The number of nitrogens with one attached hydrogen (secondary N) is 1. The van der Waals surface area contributed by atoms with Crippen LogP contribution in [0.1, 0.15) is 20.8 Å². The first-order chi connectivity index (χ1) is 8.79. The van der Waals surface area contributed by atoms with E-state index in [0.717, 1.165) is 17.0 Å². The van der Waals surface area contributed by atoms with E-state index < -0.39 is 8.32 Å². The standard InChI is InChI=1S/C15H22N2OSi/c1-15(2,3)19(4,5)18-13-8-6-12(7-9-13)14-10-16-11-17-14/h6-11H,1-5H3,(H,16,17). The molecule has 102 valence electrons. The summed E-state index contributed by atoms with van der Waals surface area (Å²) in [5.41, 5.74) is 2.15. The predicted octanol–water partition coefficient (Wildman–Crippen LogP) is 4.46. The Kier molecular flexibility index (Phi) is 3.54. The van der Waals surface area contributed by atoms with Crippen molar-refractivity contribution in [3.05, 3.63) is 36.8 Å². The number of hydrogen-bond donors (Lipinski definition) is 1. The molecule has 1 aromatic heterocycles. The minimum atomic E-state index is -1.75. The molecule has 1 heterocycles. The topological polar surface area (TPSA) is 37.9 Å². The molecule has 2 rings (SSSR count). The lowest BCUT2D eigenvalue weighted by Gasteiger charge is -2.36. The van der Waals surface area contributed by atoms with Crippen molar-refractivity contribution in [3.8, 4) is 17.0 Å². The minimum Gasteiger partial charge on any atom is -0.544 e. The molecule has 0 amide bonds. The zero-order valence-electron chi connectivity index (χ0n) is 12.3. The maximum Gasteiger partial charge on any atom is 0.250 e. The van der Waals surface area contributed by atoms with Crippen molar-refractivity contribution >= 4 is 8.32 Å². The van der Waals surface area contributed by atoms with Crippen LogP contribution in [-0.2, 0) is 0 Å². The summed E-state index contributed by atoms with van der Waals surface area (Å²) in [4.78, 5) is 7.13. The SMILES string of the molecule is CC(C)(C)[Si](C)(C)Oc1ccc(-c2cnc[nH]2)cc1. The van der Waals surface area contributed by atoms with Gasteiger partial charge >= 0.3 is 0 Å². The average molecular weight is 274 g/mol. The van der Waals surface area contributed by atoms with Crippen molar-refractivity contribution < 1.29 is 4.43 Å². The molecule has 0 fully saturated rings. The van der Waals surface area contributed by atoms with Gasteiger partial charge in [-0.2, -0.15) is 0 Å². The monoisotopic (exact) mass is 274 g/mol. The highest BCUT2D eigenvalue weighted by Crippen LogP contribution is 2.37. The van der Waals surface area contributed by atoms with Crippen molar-refractivity contribution in [1.82, 2.24) is 9.97 Å². The van der Waals surface area contributed by atoms with E-state index in [-0.39, 0.29) is 5.04 Å². The molecular weight excluding hydrogens is 252 g/mol. The molecule has 2 aromatic rings. The Morgan fingerprint density at radius 2 is 1.74 bits per heavy atom. The highest BCUT2D eigenvalue weighted by Gasteiger charge is 2.38. The maximum absolute atomic E-state index is 6.25. The second kappa shape index (κ2) is 4.85. The minimum absolute atomic E-state index is 0.217. The molecule has 0 spiro atoms. The van der Waals surface area contributed by atoms with Crippen molar-refractivity contribution in [2.45, 2.75) is 38.9 Å². The van der Waals surface area contributed by atoms with E-state index in [2.05, 4.69) is 56.0 Å². The second-order valence-corrected chi connectivity index (χ2v) is 11.1. The average Bonchev–Trinajstić information content (AvgIpc) is 2.81. The van der Waals surface area contributed by atoms with Gasteiger partial charge in [-0.25, -0.2) is 4.98 Å². The number of aromatic amines is 1. The largest absolute Gasteiger partial charge is 0.544 e. The van der Waals surface area contributed by atoms with Gasteiger partial charge in [0.25, 0.3) is 0 Å². The fraction of sp³-hybridized carbons (Fsp3) is 0.400. The third kappa shape index (κ3) is 3.07. The highest BCUT2D eigenvalue weighted by atomic mass is 28.4. The van der Waals surface area contributed by atoms with E-state index in [1.54, 1.807) is 6.33 Å². The predicted molar refractivity (Wildman–Crippen MR) is 81.8 cm³/mol. The van der Waals surface area contributed by atoms with Gasteiger partial charge in [-0.15, -0.1) is 0 Å². The Bertz CT molecular complexity index is 524. The lowest BCUT2D eigenvalue weighted by atomic mass is 10.2. The van der Waals surface area contributed by atoms with Crippen LogP contribution in [0, 0.1) is 0 Å². The molecule has 0 bridgehead atoms. The summed E-state index contributed by atoms with van der Waals surface area (Å²) in [6.45, 7) is 11.3. The zero-order valence-corrected chi connectivity index (χ0v) is 13.3. The summed E-state index contributed by atoms with van der Waals surface area (Å²) in [6, 6.07) is 8.21. The van der Waals surface area contributed by atoms with E-state index in [1.165, 1.54) is 0 Å². The molecule has 0 radical (unpaired) electrons. The summed E-state index contributed by atoms with van der Waals surface area (Å²) in [6.07, 6.45) is 3.51. The normalized spacial score (nSPS) is 12.5. The highest BCUT2D eigenvalue weighted by molar-refractivity contribution is 6.74. The van der Waals surface area contributed by atoms with Crippen molar-refractivity contribution in [2.75, 3.05) is 0 Å². The maximum atomic E-state index is 6.25. The molecule has 4 heteroatoms. The van der Waals surface area contributed by atoms with E-state index >= 15 is 0 Å². The third-order valence-corrected chi connectivity index (χ3v) is 8.20. The van der Waals surface area contributed by atoms with Gasteiger partial charge in [-0.05, 0) is 48.0 Å². The Balaban J connectivity index is 2.16. The molecule has 1 aromatic carbocycles. The molecule has 0 aliphatic heterocycles. The summed E-state index contributed by atoms with van der Waals surface area (Å²) >= 11 is 0. The second-order valence-electron chi connectivity index (χ2n) is 6.35. The van der Waals surface area contributed by atoms with E-state index in [1.807, 2.05) is 18.3 Å². The summed E-state index contributed by atoms with van der Waals surface area (Å²) in [7, 11) is -1.75. The Morgan fingerprint density at radius 1 is 1.11 bits per heavy atom. The van der Waals surface area contributed by atoms with E-state index in [0.29, 0.717) is 0 Å². The quantitative estimate of drug-likeness (QED) is 0.839. The van der Waals surface area contributed by atoms with Gasteiger partial charge in [0, 0.05) is 0 Å². The van der Waals surface area contributed by atoms with Gasteiger partial charge in [-0.1, -0.05) is 20.8 Å². The van der Waals surface area contributed by atoms with Crippen LogP contribution in [0.4, 0.5) is 0 Å². The Morgan fingerprint density at radius 3 is 2.21 bits per heavy atom. The fourth-order valence-corrected chi connectivity index (χ4v) is 2.60. The van der Waals surface area contributed by atoms with Crippen molar-refractivity contribution in [1.29, 1.82) is 0 Å². The molecule has 19 heavy (non-hydrogen) atoms. The van der Waals surface area contributed by atoms with Crippen LogP contribution in [0.3, 0.4) is 0 Å². The molecular formula is C15H22N2OSi. The number of H-pyrrole nitrogens is 1. The van der Waals surface area contributed by atoms with Crippen LogP contribution < -0.4 is 4.43 Å². The lowest BCUT2D eigenvalue weighted by molar-refractivity contribution is 0.492. The van der Waals surface area contributed by atoms with Gasteiger partial charge in [0.15, 0.2) is 0 Å². The summed E-state index contributed by atoms with van der Waals surface area (Å²) in [5, 5.41) is 0.217. The van der Waals surface area contributed by atoms with Crippen molar-refractivity contribution in [3.63, 3.8) is 0 Å². The zero-order chi connectivity index (χ0) is 14.1. The molecule has 0 aliphatic rings. The first kappa shape index (κ1) is 13.9. The molecule has 0 unspecified atom stereocenters. The molecule has 0 saturated carbocycles. The van der Waals surface area contributed by atoms with Gasteiger partial charge in [0.05, 0.1) is 18.2 Å². The first-order valence-electron chi connectivity index (χ1n) is 6.57. The van der Waals surface area contributed by atoms with E-state index in [9.17, 15) is 0 Å². The van der Waals surface area contributed by atoms with Crippen LogP contribution in [0.2, 0.25) is 18.1 Å². The molecule has 1 N–H and O–H groups in total. The lowest BCUT2D eigenvalue weighted by Crippen LogP contribution is -2.43. The molecule has 0 atom stereocenters. The van der Waals surface area contributed by atoms with Crippen LogP contribution in [0.25, 0.3) is 11.3 Å². The van der Waals surface area contributed by atoms with Crippen LogP contribution in [0.15, 0.2) is 36.8 Å². The summed E-state index contributed by atoms with van der Waals surface area (Å²) in [5.74, 6) is 0.954. The molecule has 0 saturated heterocycles. The van der Waals surface area contributed by atoms with Crippen molar-refractivity contribution in [2.24, 2.45) is 0 Å². The van der Waals surface area contributed by atoms with E-state index in [4.69, 9.17) is 4.43 Å². The first-order valence-corrected chi connectivity index (χ1v) is 9.48. The smallest absolute Gasteiger partial charge is 0.250 e. The number of rotatable bonds is 3. The van der Waals surface area contributed by atoms with Gasteiger partial charge < -0.3 is 9.41 Å². The molecule has 3 nitrogen and oxygen atoms in total. The Labute approximate surface area is 116 Å². The third-order valence-electron chi connectivity index (χ3n) is 3.84. The number of imidazole rings is 1. The number of hydrogen-bond acceptors (Lipinski definition) is 2. The Hall–Kier alpha value is -1.55. The van der Waals surface area contributed by atoms with Crippen LogP contribution >= 0.6 is 0 Å². The molecule has 0 aliphatic carbocycles. The van der Waals surface area contributed by atoms with Crippen LogP contribution in [-0.4, -0.2) is 18.3 Å². The van der Waals surface area contributed by atoms with Crippen LogP contribution in [0.5, 0.6) is 5.75 Å². The number of nitrogens with zero attached hydrogens (tertiary/aromatic N) is 1. The number of aromatic nitrogens is 2. The fourth-order valence-electron chi connectivity index (χ4n) is 1.56.